The lowest BCUT2D eigenvalue weighted by atomic mass is 9.71. The first-order chi connectivity index (χ1) is 13.8. The zero-order valence-electron chi connectivity index (χ0n) is 16.9. The standard InChI is InChI=1S/C19H28N2O5.CH2O2/c1-20(10-11-26-2)14-17(23)21-9-8-19(18(24)25,16(22)13-21)12-15-6-4-3-5-7-15;2-1-3/h3-7,16,22H,8-14H2,1-2H3,(H,24,25);1H,(H,2,3)/t16-,19-;/m1./s1. The molecule has 29 heavy (non-hydrogen) atoms. The first-order valence-electron chi connectivity index (χ1n) is 9.29. The van der Waals surface area contributed by atoms with Crippen LogP contribution >= 0.6 is 0 Å². The fourth-order valence-electron chi connectivity index (χ4n) is 3.35. The molecule has 1 heterocycles. The number of aliphatic hydroxyl groups excluding tert-OH is 1. The van der Waals surface area contributed by atoms with Crippen molar-refractivity contribution >= 4 is 18.3 Å². The van der Waals surface area contributed by atoms with Crippen LogP contribution in [0.5, 0.6) is 0 Å². The number of hydrogen-bond acceptors (Lipinski definition) is 6. The van der Waals surface area contributed by atoms with Crippen molar-refractivity contribution in [2.45, 2.75) is 18.9 Å². The Morgan fingerprint density at radius 2 is 1.97 bits per heavy atom. The van der Waals surface area contributed by atoms with Crippen LogP contribution < -0.4 is 0 Å². The van der Waals surface area contributed by atoms with Crippen molar-refractivity contribution in [2.75, 3.05) is 46.9 Å². The van der Waals surface area contributed by atoms with Crippen LogP contribution in [0.4, 0.5) is 0 Å². The average molecular weight is 410 g/mol. The summed E-state index contributed by atoms with van der Waals surface area (Å²) in [5, 5.41) is 27.3. The van der Waals surface area contributed by atoms with E-state index in [0.29, 0.717) is 19.7 Å². The van der Waals surface area contributed by atoms with Crippen molar-refractivity contribution in [1.29, 1.82) is 0 Å². The molecule has 0 aromatic heterocycles. The topological polar surface area (TPSA) is 128 Å². The summed E-state index contributed by atoms with van der Waals surface area (Å²) in [4.78, 5) is 36.2. The summed E-state index contributed by atoms with van der Waals surface area (Å²) in [5.74, 6) is -1.13. The fourth-order valence-corrected chi connectivity index (χ4v) is 3.35. The van der Waals surface area contributed by atoms with Crippen molar-refractivity contribution in [3.63, 3.8) is 0 Å². The highest BCUT2D eigenvalue weighted by Gasteiger charge is 2.49. The van der Waals surface area contributed by atoms with Gasteiger partial charge in [0.2, 0.25) is 5.91 Å². The van der Waals surface area contributed by atoms with Gasteiger partial charge in [-0.15, -0.1) is 0 Å². The molecule has 0 aliphatic carbocycles. The highest BCUT2D eigenvalue weighted by molar-refractivity contribution is 5.80. The predicted molar refractivity (Wildman–Crippen MR) is 105 cm³/mol. The van der Waals surface area contributed by atoms with Gasteiger partial charge in [0.25, 0.3) is 6.47 Å². The Kier molecular flexibility index (Phi) is 10.3. The second-order valence-corrected chi connectivity index (χ2v) is 7.07. The predicted octanol–water partition coefficient (Wildman–Crippen LogP) is 0.172. The second kappa shape index (κ2) is 12.2. The number of β-amino-alcohol motifs (C(OH)–C–C–N with tert-alkyl or cyclic N) is 1. The average Bonchev–Trinajstić information content (AvgIpc) is 2.69. The Morgan fingerprint density at radius 3 is 2.48 bits per heavy atom. The molecule has 9 heteroatoms. The summed E-state index contributed by atoms with van der Waals surface area (Å²) in [6, 6.07) is 9.30. The number of aliphatic hydroxyl groups is 1. The van der Waals surface area contributed by atoms with Gasteiger partial charge in [0.15, 0.2) is 0 Å². The summed E-state index contributed by atoms with van der Waals surface area (Å²) in [5.41, 5.74) is -0.395. The maximum Gasteiger partial charge on any atom is 0.312 e. The maximum atomic E-state index is 12.4. The van der Waals surface area contributed by atoms with E-state index in [9.17, 15) is 19.8 Å². The van der Waals surface area contributed by atoms with E-state index in [2.05, 4.69) is 0 Å². The van der Waals surface area contributed by atoms with Gasteiger partial charge in [-0.05, 0) is 25.5 Å². The first-order valence-corrected chi connectivity index (χ1v) is 9.29. The van der Waals surface area contributed by atoms with E-state index in [0.717, 1.165) is 5.56 Å². The molecule has 1 amide bonds. The van der Waals surface area contributed by atoms with Crippen molar-refractivity contribution in [3.8, 4) is 0 Å². The molecule has 0 bridgehead atoms. The SMILES string of the molecule is COCCN(C)CC(=O)N1CC[C@](Cc2ccccc2)(C(=O)O)[C@H](O)C1.O=CO. The van der Waals surface area contributed by atoms with Gasteiger partial charge in [-0.25, -0.2) is 0 Å². The molecule has 2 atom stereocenters. The van der Waals surface area contributed by atoms with Gasteiger partial charge in [-0.3, -0.25) is 19.3 Å². The molecule has 1 aromatic carbocycles. The van der Waals surface area contributed by atoms with Gasteiger partial charge < -0.3 is 25.0 Å². The van der Waals surface area contributed by atoms with Gasteiger partial charge in [0.05, 0.1) is 19.3 Å². The Hall–Kier alpha value is -2.49. The van der Waals surface area contributed by atoms with E-state index in [1.807, 2.05) is 42.3 Å². The van der Waals surface area contributed by atoms with Crippen molar-refractivity contribution in [1.82, 2.24) is 9.80 Å². The van der Waals surface area contributed by atoms with Crippen LogP contribution in [0, 0.1) is 5.41 Å². The van der Waals surface area contributed by atoms with Gasteiger partial charge >= 0.3 is 5.97 Å². The number of methoxy groups -OCH3 is 1. The number of hydrogen-bond donors (Lipinski definition) is 3. The highest BCUT2D eigenvalue weighted by Crippen LogP contribution is 2.36. The van der Waals surface area contributed by atoms with Gasteiger partial charge in [0, 0.05) is 26.7 Å². The molecule has 1 aliphatic heterocycles. The summed E-state index contributed by atoms with van der Waals surface area (Å²) in [6.07, 6.45) is -0.631. The quantitative estimate of drug-likeness (QED) is 0.518. The number of carbonyl (C=O) groups is 3. The Bertz CT molecular complexity index is 655. The molecule has 0 unspecified atom stereocenters. The maximum absolute atomic E-state index is 12.4. The van der Waals surface area contributed by atoms with Crippen LogP contribution in [-0.2, 0) is 25.5 Å². The Morgan fingerprint density at radius 1 is 1.34 bits per heavy atom. The molecule has 0 spiro atoms. The minimum absolute atomic E-state index is 0.0378. The molecule has 1 saturated heterocycles. The number of carboxylic acids is 1. The van der Waals surface area contributed by atoms with E-state index in [1.165, 1.54) is 0 Å². The molecular formula is C20H30N2O7. The number of likely N-dealkylation sites (N-methyl/N-ethyl adjacent to an activating group) is 1. The molecule has 2 rings (SSSR count). The van der Waals surface area contributed by atoms with Crippen molar-refractivity contribution < 1.29 is 34.4 Å². The Labute approximate surface area is 170 Å². The molecule has 1 aromatic rings. The van der Waals surface area contributed by atoms with Gasteiger partial charge in [-0.1, -0.05) is 30.3 Å². The molecule has 0 saturated carbocycles. The molecule has 3 N–H and O–H groups in total. The monoisotopic (exact) mass is 410 g/mol. The lowest BCUT2D eigenvalue weighted by Crippen LogP contribution is -2.58. The summed E-state index contributed by atoms with van der Waals surface area (Å²) >= 11 is 0. The van der Waals surface area contributed by atoms with E-state index in [4.69, 9.17) is 14.6 Å². The highest BCUT2D eigenvalue weighted by atomic mass is 16.5. The van der Waals surface area contributed by atoms with E-state index in [-0.39, 0.29) is 38.3 Å². The largest absolute Gasteiger partial charge is 0.483 e. The molecule has 1 aliphatic rings. The van der Waals surface area contributed by atoms with Crippen molar-refractivity contribution in [3.05, 3.63) is 35.9 Å². The molecular weight excluding hydrogens is 380 g/mol. The molecule has 0 radical (unpaired) electrons. The number of carbonyl (C=O) groups excluding carboxylic acids is 1. The number of amides is 1. The van der Waals surface area contributed by atoms with Crippen LogP contribution in [0.1, 0.15) is 12.0 Å². The lowest BCUT2D eigenvalue weighted by molar-refractivity contribution is -0.166. The third-order valence-corrected chi connectivity index (χ3v) is 5.08. The van der Waals surface area contributed by atoms with E-state index < -0.39 is 17.5 Å². The minimum Gasteiger partial charge on any atom is -0.483 e. The van der Waals surface area contributed by atoms with Crippen LogP contribution in [-0.4, -0.2) is 96.5 Å². The number of ether oxygens (including phenoxy) is 1. The van der Waals surface area contributed by atoms with E-state index >= 15 is 0 Å². The van der Waals surface area contributed by atoms with Crippen LogP contribution in [0.3, 0.4) is 0 Å². The van der Waals surface area contributed by atoms with Gasteiger partial charge in [0.1, 0.15) is 5.41 Å². The van der Waals surface area contributed by atoms with Crippen LogP contribution in [0.15, 0.2) is 30.3 Å². The zero-order chi connectivity index (χ0) is 21.9. The lowest BCUT2D eigenvalue weighted by Gasteiger charge is -2.43. The summed E-state index contributed by atoms with van der Waals surface area (Å²) < 4.78 is 4.99. The zero-order valence-corrected chi connectivity index (χ0v) is 16.9. The number of rotatable bonds is 8. The third-order valence-electron chi connectivity index (χ3n) is 5.08. The number of piperidine rings is 1. The normalized spacial score (nSPS) is 21.2. The number of aliphatic carboxylic acids is 1. The number of likely N-dealkylation sites (tertiary alicyclic amines) is 1. The smallest absolute Gasteiger partial charge is 0.312 e. The molecule has 9 nitrogen and oxygen atoms in total. The number of nitrogens with zero attached hydrogens (tertiary/aromatic N) is 2. The van der Waals surface area contributed by atoms with Gasteiger partial charge in [-0.2, -0.15) is 0 Å². The summed E-state index contributed by atoms with van der Waals surface area (Å²) in [7, 11) is 3.43. The molecule has 1 fully saturated rings. The number of carboxylic acid groups (broad SMARTS) is 2. The van der Waals surface area contributed by atoms with Crippen molar-refractivity contribution in [2.24, 2.45) is 5.41 Å². The first kappa shape index (κ1) is 24.5. The second-order valence-electron chi connectivity index (χ2n) is 7.07. The van der Waals surface area contributed by atoms with Crippen LogP contribution in [0.25, 0.3) is 0 Å². The van der Waals surface area contributed by atoms with E-state index in [1.54, 1.807) is 12.0 Å². The molecule has 162 valence electrons. The Balaban J connectivity index is 0.00000132. The number of benzene rings is 1. The fraction of sp³-hybridized carbons (Fsp3) is 0.550. The summed E-state index contributed by atoms with van der Waals surface area (Å²) in [6.45, 7) is 1.50. The minimum atomic E-state index is -1.26. The van der Waals surface area contributed by atoms with Crippen LogP contribution in [0.2, 0.25) is 0 Å². The third kappa shape index (κ3) is 7.12.